The molecule has 0 bridgehead atoms. The van der Waals surface area contributed by atoms with Crippen molar-refractivity contribution in [3.63, 3.8) is 0 Å². The number of amides is 1. The fraction of sp³-hybridized carbons (Fsp3) is 0.188. The first-order chi connectivity index (χ1) is 10.1. The second kappa shape index (κ2) is 5.94. The summed E-state index contributed by atoms with van der Waals surface area (Å²) in [4.78, 5) is 12.3. The second-order valence-electron chi connectivity index (χ2n) is 5.05. The Hall–Kier alpha value is -1.11. The fourth-order valence-electron chi connectivity index (χ4n) is 2.61. The number of aliphatic hydroxyl groups excluding tert-OH is 1. The third-order valence-corrected chi connectivity index (χ3v) is 5.24. The van der Waals surface area contributed by atoms with Gasteiger partial charge >= 0.3 is 0 Å². The van der Waals surface area contributed by atoms with Crippen molar-refractivity contribution < 1.29 is 9.90 Å². The van der Waals surface area contributed by atoms with Gasteiger partial charge in [-0.3, -0.25) is 4.79 Å². The second-order valence-corrected chi connectivity index (χ2v) is 6.62. The van der Waals surface area contributed by atoms with Crippen LogP contribution in [-0.2, 0) is 6.42 Å². The van der Waals surface area contributed by atoms with Gasteiger partial charge in [0.15, 0.2) is 0 Å². The summed E-state index contributed by atoms with van der Waals surface area (Å²) in [5.74, 6) is -0.228. The van der Waals surface area contributed by atoms with Crippen LogP contribution < -0.4 is 5.32 Å². The van der Waals surface area contributed by atoms with Crippen molar-refractivity contribution in [1.82, 2.24) is 5.32 Å². The maximum absolute atomic E-state index is 12.3. The summed E-state index contributed by atoms with van der Waals surface area (Å²) in [5, 5.41) is 13.6. The Morgan fingerprint density at radius 1 is 1.29 bits per heavy atom. The lowest BCUT2D eigenvalue weighted by molar-refractivity contribution is 0.0858. The summed E-state index contributed by atoms with van der Waals surface area (Å²) in [7, 11) is 0. The summed E-state index contributed by atoms with van der Waals surface area (Å²) in [6.07, 6.45) is -0.0279. The Balaban J connectivity index is 1.83. The maximum atomic E-state index is 12.3. The van der Waals surface area contributed by atoms with Crippen LogP contribution in [0.5, 0.6) is 0 Å². The van der Waals surface area contributed by atoms with Gasteiger partial charge in [0.2, 0.25) is 0 Å². The van der Waals surface area contributed by atoms with Crippen LogP contribution in [0.2, 0.25) is 5.02 Å². The van der Waals surface area contributed by atoms with Crippen molar-refractivity contribution >= 4 is 40.1 Å². The van der Waals surface area contributed by atoms with Gasteiger partial charge in [-0.1, -0.05) is 35.9 Å². The van der Waals surface area contributed by atoms with Crippen LogP contribution in [0.15, 0.2) is 42.5 Å². The number of carbonyl (C=O) groups excluding carboxylic acids is 1. The van der Waals surface area contributed by atoms with E-state index in [1.807, 2.05) is 24.3 Å². The number of rotatable bonds is 2. The van der Waals surface area contributed by atoms with Crippen LogP contribution in [-0.4, -0.2) is 17.1 Å². The topological polar surface area (TPSA) is 49.3 Å². The van der Waals surface area contributed by atoms with Crippen molar-refractivity contribution in [3.8, 4) is 0 Å². The molecular weight excluding hydrogens is 401 g/mol. The van der Waals surface area contributed by atoms with Crippen LogP contribution >= 0.6 is 34.2 Å². The molecule has 2 aromatic carbocycles. The summed E-state index contributed by atoms with van der Waals surface area (Å²) in [6, 6.07) is 12.6. The molecule has 1 aliphatic carbocycles. The van der Waals surface area contributed by atoms with E-state index >= 15 is 0 Å². The molecule has 2 atom stereocenters. The van der Waals surface area contributed by atoms with Crippen molar-refractivity contribution in [2.75, 3.05) is 0 Å². The van der Waals surface area contributed by atoms with Gasteiger partial charge in [0.1, 0.15) is 0 Å². The van der Waals surface area contributed by atoms with Crippen LogP contribution in [0, 0.1) is 3.57 Å². The lowest BCUT2D eigenvalue weighted by Gasteiger charge is -2.18. The number of halogens is 2. The lowest BCUT2D eigenvalue weighted by Crippen LogP contribution is -2.33. The SMILES string of the molecule is O=C(N[C@@H]1c2ccccc2C[C@@H]1O)c1ccc(I)c(Cl)c1. The van der Waals surface area contributed by atoms with Crippen LogP contribution in [0.4, 0.5) is 0 Å². The van der Waals surface area contributed by atoms with E-state index in [4.69, 9.17) is 11.6 Å². The van der Waals surface area contributed by atoms with Crippen molar-refractivity contribution in [2.45, 2.75) is 18.6 Å². The molecule has 3 rings (SSSR count). The number of hydrogen-bond donors (Lipinski definition) is 2. The Morgan fingerprint density at radius 3 is 2.81 bits per heavy atom. The number of benzene rings is 2. The Labute approximate surface area is 141 Å². The largest absolute Gasteiger partial charge is 0.390 e. The average molecular weight is 414 g/mol. The zero-order chi connectivity index (χ0) is 15.0. The molecule has 1 amide bonds. The number of hydrogen-bond acceptors (Lipinski definition) is 2. The minimum Gasteiger partial charge on any atom is -0.390 e. The molecule has 21 heavy (non-hydrogen) atoms. The quantitative estimate of drug-likeness (QED) is 0.742. The zero-order valence-electron chi connectivity index (χ0n) is 11.0. The first-order valence-electron chi connectivity index (χ1n) is 6.58. The molecule has 0 heterocycles. The van der Waals surface area contributed by atoms with Crippen molar-refractivity contribution in [2.24, 2.45) is 0 Å². The van der Waals surface area contributed by atoms with Gasteiger partial charge in [-0.2, -0.15) is 0 Å². The van der Waals surface area contributed by atoms with Gasteiger partial charge < -0.3 is 10.4 Å². The highest BCUT2D eigenvalue weighted by Crippen LogP contribution is 2.31. The molecule has 0 unspecified atom stereocenters. The van der Waals surface area contributed by atoms with E-state index in [0.717, 1.165) is 14.7 Å². The number of carbonyl (C=O) groups is 1. The van der Waals surface area contributed by atoms with E-state index in [1.165, 1.54) is 0 Å². The van der Waals surface area contributed by atoms with E-state index in [0.29, 0.717) is 17.0 Å². The summed E-state index contributed by atoms with van der Waals surface area (Å²) in [6.45, 7) is 0. The predicted molar refractivity (Wildman–Crippen MR) is 90.5 cm³/mol. The van der Waals surface area contributed by atoms with Gasteiger partial charge in [0.05, 0.1) is 17.2 Å². The highest BCUT2D eigenvalue weighted by Gasteiger charge is 2.32. The first kappa shape index (κ1) is 14.8. The van der Waals surface area contributed by atoms with Gasteiger partial charge in [0.25, 0.3) is 5.91 Å². The fourth-order valence-corrected chi connectivity index (χ4v) is 3.13. The molecule has 108 valence electrons. The highest BCUT2D eigenvalue weighted by atomic mass is 127. The molecule has 1 aliphatic rings. The highest BCUT2D eigenvalue weighted by molar-refractivity contribution is 14.1. The average Bonchev–Trinajstić information content (AvgIpc) is 2.78. The standard InChI is InChI=1S/C16H13ClINO2/c17-12-7-10(5-6-13(12)18)16(21)19-15-11-4-2-1-3-9(11)8-14(15)20/h1-7,14-15,20H,8H2,(H,19,21)/t14-,15+/m0/s1. The Morgan fingerprint density at radius 2 is 2.05 bits per heavy atom. The molecule has 3 nitrogen and oxygen atoms in total. The Kier molecular flexibility index (Phi) is 4.19. The monoisotopic (exact) mass is 413 g/mol. The maximum Gasteiger partial charge on any atom is 0.251 e. The minimum absolute atomic E-state index is 0.228. The molecule has 0 aromatic heterocycles. The normalized spacial score (nSPS) is 20.1. The molecule has 0 saturated heterocycles. The molecule has 2 N–H and O–H groups in total. The van der Waals surface area contributed by atoms with E-state index in [2.05, 4.69) is 27.9 Å². The minimum atomic E-state index is -0.592. The molecule has 5 heteroatoms. The van der Waals surface area contributed by atoms with E-state index < -0.39 is 6.10 Å². The summed E-state index contributed by atoms with van der Waals surface area (Å²) in [5.41, 5.74) is 2.56. The van der Waals surface area contributed by atoms with Crippen LogP contribution in [0.1, 0.15) is 27.5 Å². The Bertz CT molecular complexity index is 704. The van der Waals surface area contributed by atoms with Crippen molar-refractivity contribution in [3.05, 3.63) is 67.7 Å². The predicted octanol–water partition coefficient (Wildman–Crippen LogP) is 3.33. The number of aliphatic hydroxyl groups is 1. The van der Waals surface area contributed by atoms with Gasteiger partial charge in [0, 0.05) is 15.6 Å². The van der Waals surface area contributed by atoms with Crippen LogP contribution in [0.3, 0.4) is 0 Å². The third kappa shape index (κ3) is 2.93. The number of fused-ring (bicyclic) bond motifs is 1. The number of nitrogens with one attached hydrogen (secondary N) is 1. The smallest absolute Gasteiger partial charge is 0.251 e. The zero-order valence-corrected chi connectivity index (χ0v) is 13.9. The molecule has 2 aromatic rings. The summed E-state index contributed by atoms with van der Waals surface area (Å²) < 4.78 is 0.900. The van der Waals surface area contributed by atoms with E-state index in [1.54, 1.807) is 18.2 Å². The molecule has 0 saturated carbocycles. The molecule has 0 spiro atoms. The molecular formula is C16H13ClINO2. The van der Waals surface area contributed by atoms with Gasteiger partial charge in [-0.15, -0.1) is 0 Å². The van der Waals surface area contributed by atoms with Gasteiger partial charge in [-0.05, 0) is 51.9 Å². The molecule has 0 aliphatic heterocycles. The molecule has 0 fully saturated rings. The lowest BCUT2D eigenvalue weighted by atomic mass is 10.1. The van der Waals surface area contributed by atoms with Gasteiger partial charge in [-0.25, -0.2) is 0 Å². The first-order valence-corrected chi connectivity index (χ1v) is 8.03. The third-order valence-electron chi connectivity index (χ3n) is 3.67. The van der Waals surface area contributed by atoms with Crippen LogP contribution in [0.25, 0.3) is 0 Å². The molecule has 0 radical (unpaired) electrons. The van der Waals surface area contributed by atoms with E-state index in [9.17, 15) is 9.90 Å². The van der Waals surface area contributed by atoms with E-state index in [-0.39, 0.29) is 11.9 Å². The van der Waals surface area contributed by atoms with Crippen molar-refractivity contribution in [1.29, 1.82) is 0 Å². The summed E-state index contributed by atoms with van der Waals surface area (Å²) >= 11 is 8.16.